The molecule has 1 amide bonds. The van der Waals surface area contributed by atoms with Gasteiger partial charge in [-0.1, -0.05) is 36.4 Å². The van der Waals surface area contributed by atoms with E-state index in [1.807, 2.05) is 54.3 Å². The van der Waals surface area contributed by atoms with Crippen molar-refractivity contribution in [3.8, 4) is 17.8 Å². The largest absolute Gasteiger partial charge is 0.462 e. The van der Waals surface area contributed by atoms with Crippen molar-refractivity contribution < 1.29 is 14.3 Å². The molecule has 3 aromatic heterocycles. The Hall–Kier alpha value is -5.55. The highest BCUT2D eigenvalue weighted by molar-refractivity contribution is 5.90. The highest BCUT2D eigenvalue weighted by Crippen LogP contribution is 2.30. The minimum absolute atomic E-state index is 0.0804. The number of piperazine rings is 1. The van der Waals surface area contributed by atoms with Crippen LogP contribution in [0.5, 0.6) is 6.01 Å². The third-order valence-electron chi connectivity index (χ3n) is 9.49. The van der Waals surface area contributed by atoms with Crippen molar-refractivity contribution in [2.45, 2.75) is 51.8 Å². The number of carbonyl (C=O) groups is 1. The van der Waals surface area contributed by atoms with Crippen molar-refractivity contribution in [1.82, 2.24) is 39.5 Å². The number of aromatic amines is 1. The number of likely N-dealkylation sites (tertiary alicyclic amines) is 1. The number of rotatable bonds is 8. The van der Waals surface area contributed by atoms with E-state index in [0.717, 1.165) is 41.4 Å². The zero-order chi connectivity index (χ0) is 34.1. The van der Waals surface area contributed by atoms with E-state index < -0.39 is 12.1 Å². The number of aromatic nitrogens is 6. The molecular weight excluding hydrogens is 624 g/mol. The molecule has 7 rings (SSSR count). The number of hydrogen-bond donors (Lipinski definition) is 1. The van der Waals surface area contributed by atoms with Gasteiger partial charge < -0.3 is 24.2 Å². The van der Waals surface area contributed by atoms with Crippen LogP contribution in [-0.4, -0.2) is 97.5 Å². The van der Waals surface area contributed by atoms with E-state index in [0.29, 0.717) is 36.0 Å². The molecule has 252 valence electrons. The summed E-state index contributed by atoms with van der Waals surface area (Å²) in [6.07, 6.45) is 3.38. The minimum Gasteiger partial charge on any atom is -0.462 e. The average Bonchev–Trinajstić information content (AvgIpc) is 3.76. The minimum atomic E-state index is -0.485. The summed E-state index contributed by atoms with van der Waals surface area (Å²) >= 11 is 0. The monoisotopic (exact) mass is 662 g/mol. The molecule has 49 heavy (non-hydrogen) atoms. The summed E-state index contributed by atoms with van der Waals surface area (Å²) < 4.78 is 13.4. The topological polar surface area (TPSA) is 158 Å². The Morgan fingerprint density at radius 3 is 2.65 bits per heavy atom. The molecule has 0 bridgehead atoms. The van der Waals surface area contributed by atoms with E-state index >= 15 is 0 Å². The number of nitriles is 1. The molecule has 2 aliphatic heterocycles. The lowest BCUT2D eigenvalue weighted by Gasteiger charge is -2.40. The quantitative estimate of drug-likeness (QED) is 0.257. The summed E-state index contributed by atoms with van der Waals surface area (Å²) in [4.78, 5) is 47.9. The van der Waals surface area contributed by atoms with E-state index in [9.17, 15) is 14.9 Å². The zero-order valence-electron chi connectivity index (χ0n) is 27.8. The lowest BCUT2D eigenvalue weighted by molar-refractivity contribution is 0.0768. The summed E-state index contributed by atoms with van der Waals surface area (Å²) in [6.45, 7) is 6.15. The van der Waals surface area contributed by atoms with Crippen molar-refractivity contribution in [3.63, 3.8) is 0 Å². The molecule has 0 radical (unpaired) electrons. The average molecular weight is 663 g/mol. The molecule has 1 unspecified atom stereocenters. The molecule has 14 heteroatoms. The lowest BCUT2D eigenvalue weighted by atomic mass is 10.1. The molecule has 0 spiro atoms. The van der Waals surface area contributed by atoms with Gasteiger partial charge in [-0.15, -0.1) is 0 Å². The Bertz CT molecular complexity index is 2110. The van der Waals surface area contributed by atoms with Gasteiger partial charge in [-0.25, -0.2) is 9.78 Å². The Kier molecular flexibility index (Phi) is 8.83. The molecule has 2 atom stereocenters. The Morgan fingerprint density at radius 2 is 1.88 bits per heavy atom. The first-order valence-electron chi connectivity index (χ1n) is 16.5. The number of hydrogen-bond acceptors (Lipinski definition) is 11. The van der Waals surface area contributed by atoms with E-state index in [4.69, 9.17) is 19.4 Å². The number of amides is 1. The van der Waals surface area contributed by atoms with Gasteiger partial charge in [0, 0.05) is 31.1 Å². The van der Waals surface area contributed by atoms with Crippen LogP contribution in [0.1, 0.15) is 36.2 Å². The summed E-state index contributed by atoms with van der Waals surface area (Å²) in [7, 11) is 2.07. The van der Waals surface area contributed by atoms with Gasteiger partial charge in [-0.3, -0.25) is 14.5 Å². The van der Waals surface area contributed by atoms with Gasteiger partial charge >= 0.3 is 12.1 Å². The number of fused-ring (bicyclic) bond motifs is 2. The number of ether oxygens (including phenoxy) is 2. The molecule has 2 aromatic carbocycles. The molecule has 0 saturated carbocycles. The zero-order valence-corrected chi connectivity index (χ0v) is 27.8. The standard InChI is InChI=1S/C35H38N10O4/c1-22-11-12-28-27(18-37-41-28)31(22)45-23(2)38-29-30(33(45)46)39-34(48-21-26-10-7-15-42(26)3)40-32(29)43-16-17-44(25(19-43)13-14-36)35(47)49-20-24-8-5-4-6-9-24/h4-6,8-9,11-12,18,25-26H,7,10,13,15-17,19-21H2,1-3H3,(H,37,41)/t25-,26?/m0/s1. The van der Waals surface area contributed by atoms with Crippen molar-refractivity contribution in [2.75, 3.05) is 44.7 Å². The van der Waals surface area contributed by atoms with E-state index in [-0.39, 0.29) is 49.2 Å². The normalized spacial score (nSPS) is 18.2. The van der Waals surface area contributed by atoms with Gasteiger partial charge in [0.2, 0.25) is 0 Å². The van der Waals surface area contributed by atoms with Crippen LogP contribution in [0.25, 0.3) is 27.6 Å². The number of aryl methyl sites for hydroxylation is 2. The van der Waals surface area contributed by atoms with Gasteiger partial charge in [-0.2, -0.15) is 20.3 Å². The van der Waals surface area contributed by atoms with Gasteiger partial charge in [-0.05, 0) is 57.5 Å². The third kappa shape index (κ3) is 6.25. The maximum absolute atomic E-state index is 14.5. The van der Waals surface area contributed by atoms with Crippen molar-refractivity contribution in [2.24, 2.45) is 0 Å². The van der Waals surface area contributed by atoms with Crippen LogP contribution < -0.4 is 15.2 Å². The van der Waals surface area contributed by atoms with Crippen LogP contribution in [0.3, 0.4) is 0 Å². The highest BCUT2D eigenvalue weighted by Gasteiger charge is 2.34. The third-order valence-corrected chi connectivity index (χ3v) is 9.49. The Labute approximate surface area is 282 Å². The van der Waals surface area contributed by atoms with Crippen LogP contribution in [0.4, 0.5) is 10.6 Å². The number of nitrogens with one attached hydrogen (secondary N) is 1. The van der Waals surface area contributed by atoms with Crippen molar-refractivity contribution >= 4 is 33.8 Å². The van der Waals surface area contributed by atoms with Crippen LogP contribution >= 0.6 is 0 Å². The predicted molar refractivity (Wildman–Crippen MR) is 183 cm³/mol. The number of carbonyl (C=O) groups excluding carboxylic acids is 1. The van der Waals surface area contributed by atoms with E-state index in [1.54, 1.807) is 22.6 Å². The van der Waals surface area contributed by atoms with E-state index in [2.05, 4.69) is 33.2 Å². The SMILES string of the molecule is Cc1ccc2[nH]ncc2c1-n1c(C)nc2c(N3CCN(C(=O)OCc4ccccc4)[C@@H](CC#N)C3)nc(OCC3CCCN3C)nc2c1=O. The van der Waals surface area contributed by atoms with Gasteiger partial charge in [0.25, 0.3) is 5.56 Å². The fourth-order valence-electron chi connectivity index (χ4n) is 6.83. The summed E-state index contributed by atoms with van der Waals surface area (Å²) in [6, 6.07) is 15.4. The number of likely N-dealkylation sites (N-methyl/N-ethyl adjacent to an activating group) is 1. The number of nitrogens with zero attached hydrogens (tertiary/aromatic N) is 9. The molecule has 0 aliphatic carbocycles. The summed E-state index contributed by atoms with van der Waals surface area (Å²) in [5, 5.41) is 17.7. The first-order valence-corrected chi connectivity index (χ1v) is 16.5. The molecule has 14 nitrogen and oxygen atoms in total. The maximum atomic E-state index is 14.5. The number of benzene rings is 2. The molecule has 2 aliphatic rings. The molecule has 2 saturated heterocycles. The molecule has 1 N–H and O–H groups in total. The van der Waals surface area contributed by atoms with Gasteiger partial charge in [0.15, 0.2) is 11.3 Å². The van der Waals surface area contributed by atoms with Crippen LogP contribution in [0.15, 0.2) is 53.5 Å². The fourth-order valence-corrected chi connectivity index (χ4v) is 6.83. The number of anilines is 1. The maximum Gasteiger partial charge on any atom is 0.410 e. The number of H-pyrrole nitrogens is 1. The summed E-state index contributed by atoms with van der Waals surface area (Å²) in [5.74, 6) is 0.878. The van der Waals surface area contributed by atoms with Crippen molar-refractivity contribution in [1.29, 1.82) is 5.26 Å². The molecule has 2 fully saturated rings. The van der Waals surface area contributed by atoms with E-state index in [1.165, 1.54) is 0 Å². The highest BCUT2D eigenvalue weighted by atomic mass is 16.6. The Balaban J connectivity index is 1.26. The second-order valence-electron chi connectivity index (χ2n) is 12.7. The predicted octanol–water partition coefficient (Wildman–Crippen LogP) is 3.88. The smallest absolute Gasteiger partial charge is 0.410 e. The molecular formula is C35H38N10O4. The second-order valence-corrected chi connectivity index (χ2v) is 12.7. The molecule has 5 aromatic rings. The van der Waals surface area contributed by atoms with Crippen LogP contribution in [0.2, 0.25) is 0 Å². The second kappa shape index (κ2) is 13.5. The van der Waals surface area contributed by atoms with Crippen LogP contribution in [0, 0.1) is 25.2 Å². The first-order chi connectivity index (χ1) is 23.8. The van der Waals surface area contributed by atoms with Gasteiger partial charge in [0.05, 0.1) is 35.9 Å². The lowest BCUT2D eigenvalue weighted by Crippen LogP contribution is -2.55. The van der Waals surface area contributed by atoms with Gasteiger partial charge in [0.1, 0.15) is 24.6 Å². The first kappa shape index (κ1) is 32.0. The summed E-state index contributed by atoms with van der Waals surface area (Å²) in [5.41, 5.74) is 3.32. The van der Waals surface area contributed by atoms with Crippen molar-refractivity contribution in [3.05, 3.63) is 76.0 Å². The Morgan fingerprint density at radius 1 is 1.04 bits per heavy atom. The molecule has 5 heterocycles. The fraction of sp³-hybridized carbons (Fsp3) is 0.400. The van der Waals surface area contributed by atoms with Crippen LogP contribution in [-0.2, 0) is 11.3 Å².